The molecule has 0 radical (unpaired) electrons. The maximum absolute atomic E-state index is 5.48. The molecule has 162 valence electrons. The van der Waals surface area contributed by atoms with Crippen LogP contribution in [0.2, 0.25) is 0 Å². The van der Waals surface area contributed by atoms with Gasteiger partial charge in [0.15, 0.2) is 17.3 Å². The van der Waals surface area contributed by atoms with Gasteiger partial charge in [-0.25, -0.2) is 9.97 Å². The zero-order chi connectivity index (χ0) is 21.3. The minimum atomic E-state index is 0.283. The monoisotopic (exact) mass is 427 g/mol. The number of fused-ring (bicyclic) bond motifs is 2. The molecular weight excluding hydrogens is 402 g/mol. The molecule has 2 aromatic heterocycles. The van der Waals surface area contributed by atoms with Gasteiger partial charge in [0.1, 0.15) is 0 Å². The van der Waals surface area contributed by atoms with Gasteiger partial charge in [-0.2, -0.15) is 0 Å². The predicted octanol–water partition coefficient (Wildman–Crippen LogP) is 3.80. The maximum Gasteiger partial charge on any atom is 0.231 e. The standard InChI is InChI=1S/C25H25N5O2/c1-2-9-26-22(3-1)25-28-13-19-15-30(10-8-21(19)29-25)14-17-4-6-20(27-12-17)18-5-7-23-24(11-18)32-16-31-23/h4-7,11-13H,1-3,8-10,14-16H2. The van der Waals surface area contributed by atoms with E-state index in [0.717, 1.165) is 73.3 Å². The van der Waals surface area contributed by atoms with Crippen molar-refractivity contribution in [1.82, 2.24) is 19.9 Å². The molecule has 0 unspecified atom stereocenters. The van der Waals surface area contributed by atoms with Gasteiger partial charge in [-0.05, 0) is 49.1 Å². The molecule has 0 amide bonds. The van der Waals surface area contributed by atoms with Crippen LogP contribution < -0.4 is 9.47 Å². The summed E-state index contributed by atoms with van der Waals surface area (Å²) in [6, 6.07) is 10.2. The minimum Gasteiger partial charge on any atom is -0.454 e. The van der Waals surface area contributed by atoms with Gasteiger partial charge in [-0.3, -0.25) is 14.9 Å². The van der Waals surface area contributed by atoms with Crippen LogP contribution >= 0.6 is 0 Å². The first-order valence-corrected chi connectivity index (χ1v) is 11.3. The zero-order valence-electron chi connectivity index (χ0n) is 18.0. The van der Waals surface area contributed by atoms with Crippen LogP contribution in [-0.2, 0) is 19.5 Å². The van der Waals surface area contributed by atoms with Crippen molar-refractivity contribution in [2.75, 3.05) is 19.9 Å². The van der Waals surface area contributed by atoms with Crippen molar-refractivity contribution >= 4 is 5.71 Å². The van der Waals surface area contributed by atoms with Gasteiger partial charge in [-0.1, -0.05) is 6.07 Å². The molecule has 0 spiro atoms. The number of aliphatic imine (C=N–C) groups is 1. The Morgan fingerprint density at radius 1 is 0.938 bits per heavy atom. The van der Waals surface area contributed by atoms with E-state index in [9.17, 15) is 0 Å². The summed E-state index contributed by atoms with van der Waals surface area (Å²) < 4.78 is 10.9. The van der Waals surface area contributed by atoms with Crippen molar-refractivity contribution in [1.29, 1.82) is 0 Å². The average molecular weight is 428 g/mol. The van der Waals surface area contributed by atoms with Crippen molar-refractivity contribution in [3.05, 3.63) is 65.4 Å². The summed E-state index contributed by atoms with van der Waals surface area (Å²) in [6.45, 7) is 3.91. The van der Waals surface area contributed by atoms with Gasteiger partial charge < -0.3 is 9.47 Å². The molecule has 0 saturated heterocycles. The van der Waals surface area contributed by atoms with Crippen LogP contribution in [0, 0.1) is 0 Å². The summed E-state index contributed by atoms with van der Waals surface area (Å²) in [6.07, 6.45) is 8.28. The summed E-state index contributed by atoms with van der Waals surface area (Å²) in [5.41, 5.74) is 6.64. The first kappa shape index (κ1) is 19.4. The summed E-state index contributed by atoms with van der Waals surface area (Å²) in [4.78, 5) is 21.2. The molecule has 7 nitrogen and oxygen atoms in total. The SMILES string of the molecule is c1cc(-c2ccc3c(c2)OCO3)ncc1CN1CCc2nc(C3=NCCCC3)ncc2C1. The molecule has 3 aromatic rings. The number of pyridine rings is 1. The third-order valence-corrected chi connectivity index (χ3v) is 6.29. The van der Waals surface area contributed by atoms with E-state index in [2.05, 4.69) is 32.0 Å². The number of rotatable bonds is 4. The summed E-state index contributed by atoms with van der Waals surface area (Å²) in [5.74, 6) is 2.40. The Bertz CT molecular complexity index is 1180. The third kappa shape index (κ3) is 3.84. The van der Waals surface area contributed by atoms with Gasteiger partial charge in [0.05, 0.1) is 17.1 Å². The molecule has 7 heteroatoms. The highest BCUT2D eigenvalue weighted by Gasteiger charge is 2.21. The number of hydrogen-bond donors (Lipinski definition) is 0. The van der Waals surface area contributed by atoms with E-state index in [-0.39, 0.29) is 6.79 Å². The van der Waals surface area contributed by atoms with Gasteiger partial charge in [0, 0.05) is 56.1 Å². The van der Waals surface area contributed by atoms with Crippen molar-refractivity contribution in [2.45, 2.75) is 38.8 Å². The molecule has 3 aliphatic heterocycles. The normalized spacial score (nSPS) is 17.7. The highest BCUT2D eigenvalue weighted by Crippen LogP contribution is 2.35. The van der Waals surface area contributed by atoms with Crippen LogP contribution in [0.15, 0.2) is 47.7 Å². The number of ether oxygens (including phenoxy) is 2. The summed E-state index contributed by atoms with van der Waals surface area (Å²) in [5, 5.41) is 0. The molecule has 3 aliphatic rings. The molecule has 32 heavy (non-hydrogen) atoms. The highest BCUT2D eigenvalue weighted by atomic mass is 16.7. The van der Waals surface area contributed by atoms with Crippen LogP contribution in [0.25, 0.3) is 11.3 Å². The lowest BCUT2D eigenvalue weighted by Gasteiger charge is -2.28. The topological polar surface area (TPSA) is 72.7 Å². The van der Waals surface area contributed by atoms with Gasteiger partial charge in [-0.15, -0.1) is 0 Å². The molecule has 0 N–H and O–H groups in total. The Morgan fingerprint density at radius 2 is 1.91 bits per heavy atom. The van der Waals surface area contributed by atoms with Gasteiger partial charge in [0.25, 0.3) is 0 Å². The Hall–Kier alpha value is -3.32. The molecule has 5 heterocycles. The van der Waals surface area contributed by atoms with E-state index in [1.807, 2.05) is 30.6 Å². The third-order valence-electron chi connectivity index (χ3n) is 6.29. The molecule has 0 atom stereocenters. The second kappa shape index (κ2) is 8.31. The van der Waals surface area contributed by atoms with Crippen molar-refractivity contribution in [2.24, 2.45) is 4.99 Å². The van der Waals surface area contributed by atoms with Crippen LogP contribution in [0.3, 0.4) is 0 Å². The van der Waals surface area contributed by atoms with E-state index >= 15 is 0 Å². The maximum atomic E-state index is 5.48. The Kier molecular flexibility index (Phi) is 5.03. The predicted molar refractivity (Wildman–Crippen MR) is 121 cm³/mol. The van der Waals surface area contributed by atoms with Gasteiger partial charge in [0.2, 0.25) is 6.79 Å². The lowest BCUT2D eigenvalue weighted by molar-refractivity contribution is 0.174. The lowest BCUT2D eigenvalue weighted by atomic mass is 10.0. The Morgan fingerprint density at radius 3 is 2.78 bits per heavy atom. The van der Waals surface area contributed by atoms with E-state index in [1.165, 1.54) is 29.7 Å². The molecule has 0 fully saturated rings. The van der Waals surface area contributed by atoms with Gasteiger partial charge >= 0.3 is 0 Å². The highest BCUT2D eigenvalue weighted by molar-refractivity contribution is 5.97. The minimum absolute atomic E-state index is 0.283. The summed E-state index contributed by atoms with van der Waals surface area (Å²) >= 11 is 0. The first-order chi connectivity index (χ1) is 15.8. The summed E-state index contributed by atoms with van der Waals surface area (Å²) in [7, 11) is 0. The molecule has 0 aliphatic carbocycles. The van der Waals surface area contributed by atoms with Crippen LogP contribution in [-0.4, -0.2) is 45.4 Å². The largest absolute Gasteiger partial charge is 0.454 e. The van der Waals surface area contributed by atoms with Crippen LogP contribution in [0.1, 0.15) is 41.9 Å². The van der Waals surface area contributed by atoms with E-state index in [1.54, 1.807) is 0 Å². The fourth-order valence-corrected chi connectivity index (χ4v) is 4.53. The van der Waals surface area contributed by atoms with Crippen molar-refractivity contribution in [3.8, 4) is 22.8 Å². The quantitative estimate of drug-likeness (QED) is 0.631. The van der Waals surface area contributed by atoms with E-state index in [0.29, 0.717) is 0 Å². The first-order valence-electron chi connectivity index (χ1n) is 11.3. The number of hydrogen-bond acceptors (Lipinski definition) is 7. The smallest absolute Gasteiger partial charge is 0.231 e. The van der Waals surface area contributed by atoms with E-state index in [4.69, 9.17) is 14.5 Å². The second-order valence-corrected chi connectivity index (χ2v) is 8.53. The Labute approximate surface area is 187 Å². The fraction of sp³-hybridized carbons (Fsp3) is 0.360. The average Bonchev–Trinajstić information content (AvgIpc) is 3.33. The molecule has 1 aromatic carbocycles. The number of benzene rings is 1. The fourth-order valence-electron chi connectivity index (χ4n) is 4.53. The molecule has 0 saturated carbocycles. The molecular formula is C25H25N5O2. The van der Waals surface area contributed by atoms with E-state index < -0.39 is 0 Å². The lowest BCUT2D eigenvalue weighted by Crippen LogP contribution is -2.31. The van der Waals surface area contributed by atoms with Crippen LogP contribution in [0.4, 0.5) is 0 Å². The van der Waals surface area contributed by atoms with Crippen LogP contribution in [0.5, 0.6) is 11.5 Å². The molecule has 6 rings (SSSR count). The second-order valence-electron chi connectivity index (χ2n) is 8.53. The number of aromatic nitrogens is 3. The number of nitrogens with zero attached hydrogens (tertiary/aromatic N) is 5. The molecule has 0 bridgehead atoms. The van der Waals surface area contributed by atoms with Crippen molar-refractivity contribution in [3.63, 3.8) is 0 Å². The zero-order valence-corrected chi connectivity index (χ0v) is 18.0. The Balaban J connectivity index is 1.13. The van der Waals surface area contributed by atoms with Crippen molar-refractivity contribution < 1.29 is 9.47 Å².